The van der Waals surface area contributed by atoms with Gasteiger partial charge in [-0.05, 0) is 44.3 Å². The fourth-order valence-electron chi connectivity index (χ4n) is 3.86. The third kappa shape index (κ3) is 3.64. The Bertz CT molecular complexity index is 594. The number of aromatic nitrogens is 4. The molecule has 1 N–H and O–H groups in total. The van der Waals surface area contributed by atoms with Gasteiger partial charge in [-0.3, -0.25) is 9.58 Å². The van der Waals surface area contributed by atoms with Crippen molar-refractivity contribution in [3.8, 4) is 0 Å². The summed E-state index contributed by atoms with van der Waals surface area (Å²) >= 11 is 0. The van der Waals surface area contributed by atoms with E-state index in [0.717, 1.165) is 38.6 Å². The summed E-state index contributed by atoms with van der Waals surface area (Å²) in [6.07, 6.45) is 9.64. The van der Waals surface area contributed by atoms with Crippen molar-refractivity contribution < 1.29 is 0 Å². The minimum atomic E-state index is 0.722. The lowest BCUT2D eigenvalue weighted by molar-refractivity contribution is 0.154. The lowest BCUT2D eigenvalue weighted by Crippen LogP contribution is -2.36. The van der Waals surface area contributed by atoms with Crippen LogP contribution in [0.25, 0.3) is 0 Å². The molecule has 0 radical (unpaired) electrons. The predicted molar refractivity (Wildman–Crippen MR) is 88.8 cm³/mol. The van der Waals surface area contributed by atoms with Gasteiger partial charge in [-0.2, -0.15) is 5.10 Å². The van der Waals surface area contributed by atoms with E-state index in [9.17, 15) is 0 Å². The molecule has 0 saturated carbocycles. The Morgan fingerprint density at radius 1 is 1.26 bits per heavy atom. The maximum absolute atomic E-state index is 4.83. The highest BCUT2D eigenvalue weighted by Gasteiger charge is 2.21. The van der Waals surface area contributed by atoms with Gasteiger partial charge in [0.2, 0.25) is 0 Å². The highest BCUT2D eigenvalue weighted by Crippen LogP contribution is 2.20. The Hall–Kier alpha value is -1.66. The van der Waals surface area contributed by atoms with Crippen molar-refractivity contribution >= 4 is 0 Å². The maximum Gasteiger partial charge on any atom is 0.0946 e. The van der Waals surface area contributed by atoms with E-state index in [1.54, 1.807) is 0 Å². The van der Waals surface area contributed by atoms with E-state index in [2.05, 4.69) is 36.7 Å². The molecule has 0 unspecified atom stereocenters. The molecule has 2 aliphatic rings. The molecule has 1 atom stereocenters. The fourth-order valence-corrected chi connectivity index (χ4v) is 3.86. The van der Waals surface area contributed by atoms with E-state index in [4.69, 9.17) is 5.10 Å². The summed E-state index contributed by atoms with van der Waals surface area (Å²) < 4.78 is 4.40. The topological polar surface area (TPSA) is 50.9 Å². The molecule has 23 heavy (non-hydrogen) atoms. The van der Waals surface area contributed by atoms with Crippen molar-refractivity contribution in [2.75, 3.05) is 19.6 Å². The minimum Gasteiger partial charge on any atom is -0.337 e. The van der Waals surface area contributed by atoms with Crippen molar-refractivity contribution in [1.82, 2.24) is 29.5 Å². The fraction of sp³-hybridized carbons (Fsp3) is 0.647. The van der Waals surface area contributed by atoms with Crippen LogP contribution in [0.15, 0.2) is 24.8 Å². The molecule has 0 aromatic carbocycles. The molecule has 1 fully saturated rings. The zero-order chi connectivity index (χ0) is 15.5. The van der Waals surface area contributed by atoms with Gasteiger partial charge in [0, 0.05) is 45.1 Å². The molecule has 124 valence electrons. The normalized spacial score (nSPS) is 22.7. The molecule has 2 aliphatic heterocycles. The molecular weight excluding hydrogens is 288 g/mol. The van der Waals surface area contributed by atoms with Crippen LogP contribution in [0.3, 0.4) is 0 Å². The zero-order valence-corrected chi connectivity index (χ0v) is 13.7. The van der Waals surface area contributed by atoms with Gasteiger partial charge in [0.15, 0.2) is 0 Å². The summed E-state index contributed by atoms with van der Waals surface area (Å²) in [6, 6.07) is 2.29. The average molecular weight is 314 g/mol. The molecule has 0 spiro atoms. The standard InChI is InChI=1S/C17H26N6/c1-3-15(12-22-8-5-19-14-22)11-21(6-1)13-16-9-17-10-18-4-2-7-23(17)20-16/h5,8-9,14-15,18H,1-4,6-7,10-13H2/t15-/m1/s1. The van der Waals surface area contributed by atoms with Gasteiger partial charge >= 0.3 is 0 Å². The number of imidazole rings is 1. The van der Waals surface area contributed by atoms with E-state index < -0.39 is 0 Å². The summed E-state index contributed by atoms with van der Waals surface area (Å²) in [6.45, 7) is 7.53. The van der Waals surface area contributed by atoms with E-state index in [0.29, 0.717) is 0 Å². The number of fused-ring (bicyclic) bond motifs is 1. The number of nitrogens with zero attached hydrogens (tertiary/aromatic N) is 5. The van der Waals surface area contributed by atoms with Gasteiger partial charge in [-0.15, -0.1) is 0 Å². The third-order valence-corrected chi connectivity index (χ3v) is 4.96. The number of aryl methyl sites for hydroxylation is 1. The smallest absolute Gasteiger partial charge is 0.0946 e. The quantitative estimate of drug-likeness (QED) is 0.929. The first-order valence-corrected chi connectivity index (χ1v) is 8.81. The molecule has 0 bridgehead atoms. The van der Waals surface area contributed by atoms with Crippen molar-refractivity contribution in [2.24, 2.45) is 5.92 Å². The minimum absolute atomic E-state index is 0.722. The summed E-state index contributed by atoms with van der Waals surface area (Å²) in [5.74, 6) is 0.722. The Morgan fingerprint density at radius 2 is 2.26 bits per heavy atom. The average Bonchev–Trinajstić information content (AvgIpc) is 3.13. The molecule has 6 heteroatoms. The Labute approximate surface area is 137 Å². The SMILES string of the molecule is c1cn(C[C@@H]2CCCN(Cc3cc4n(n3)CCCNC4)C2)cn1. The van der Waals surface area contributed by atoms with Crippen LogP contribution in [0.4, 0.5) is 0 Å². The Kier molecular flexibility index (Phi) is 4.43. The highest BCUT2D eigenvalue weighted by atomic mass is 15.3. The number of rotatable bonds is 4. The molecule has 2 aromatic heterocycles. The Balaban J connectivity index is 1.36. The summed E-state index contributed by atoms with van der Waals surface area (Å²) in [7, 11) is 0. The summed E-state index contributed by atoms with van der Waals surface area (Å²) in [5.41, 5.74) is 2.57. The molecule has 4 heterocycles. The third-order valence-electron chi connectivity index (χ3n) is 4.96. The lowest BCUT2D eigenvalue weighted by Gasteiger charge is -2.32. The zero-order valence-electron chi connectivity index (χ0n) is 13.7. The number of hydrogen-bond acceptors (Lipinski definition) is 4. The highest BCUT2D eigenvalue weighted by molar-refractivity contribution is 5.11. The van der Waals surface area contributed by atoms with Crippen LogP contribution in [-0.2, 0) is 26.2 Å². The lowest BCUT2D eigenvalue weighted by atomic mass is 9.98. The second kappa shape index (κ2) is 6.84. The van der Waals surface area contributed by atoms with Crippen molar-refractivity contribution in [3.63, 3.8) is 0 Å². The van der Waals surface area contributed by atoms with Crippen LogP contribution in [0, 0.1) is 5.92 Å². The van der Waals surface area contributed by atoms with Crippen LogP contribution < -0.4 is 5.32 Å². The van der Waals surface area contributed by atoms with Gasteiger partial charge in [-0.25, -0.2) is 4.98 Å². The van der Waals surface area contributed by atoms with Crippen LogP contribution in [0.5, 0.6) is 0 Å². The van der Waals surface area contributed by atoms with Crippen molar-refractivity contribution in [1.29, 1.82) is 0 Å². The predicted octanol–water partition coefficient (Wildman–Crippen LogP) is 1.49. The summed E-state index contributed by atoms with van der Waals surface area (Å²) in [5, 5.41) is 8.29. The maximum atomic E-state index is 4.83. The molecule has 0 aliphatic carbocycles. The second-order valence-electron chi connectivity index (χ2n) is 6.88. The second-order valence-corrected chi connectivity index (χ2v) is 6.88. The van der Waals surface area contributed by atoms with E-state index in [1.807, 2.05) is 12.5 Å². The molecule has 6 nitrogen and oxygen atoms in total. The number of nitrogens with one attached hydrogen (secondary N) is 1. The number of piperidine rings is 1. The van der Waals surface area contributed by atoms with Crippen LogP contribution in [0.2, 0.25) is 0 Å². The first kappa shape index (κ1) is 14.9. The van der Waals surface area contributed by atoms with Gasteiger partial charge in [0.25, 0.3) is 0 Å². The molecular formula is C17H26N6. The molecule has 4 rings (SSSR count). The van der Waals surface area contributed by atoms with Crippen LogP contribution >= 0.6 is 0 Å². The van der Waals surface area contributed by atoms with Crippen molar-refractivity contribution in [3.05, 3.63) is 36.2 Å². The monoisotopic (exact) mass is 314 g/mol. The first-order valence-electron chi connectivity index (χ1n) is 8.81. The largest absolute Gasteiger partial charge is 0.337 e. The van der Waals surface area contributed by atoms with Gasteiger partial charge < -0.3 is 9.88 Å². The van der Waals surface area contributed by atoms with Crippen LogP contribution in [-0.4, -0.2) is 43.9 Å². The number of hydrogen-bond donors (Lipinski definition) is 1. The Morgan fingerprint density at radius 3 is 3.17 bits per heavy atom. The van der Waals surface area contributed by atoms with E-state index >= 15 is 0 Å². The molecule has 1 saturated heterocycles. The molecule has 0 amide bonds. The van der Waals surface area contributed by atoms with Gasteiger partial charge in [0.1, 0.15) is 0 Å². The van der Waals surface area contributed by atoms with E-state index in [1.165, 1.54) is 43.7 Å². The van der Waals surface area contributed by atoms with E-state index in [-0.39, 0.29) is 0 Å². The first-order chi connectivity index (χ1) is 11.4. The number of likely N-dealkylation sites (tertiary alicyclic amines) is 1. The van der Waals surface area contributed by atoms with Crippen molar-refractivity contribution in [2.45, 2.75) is 45.4 Å². The van der Waals surface area contributed by atoms with Gasteiger partial charge in [0.05, 0.1) is 17.7 Å². The van der Waals surface area contributed by atoms with Crippen LogP contribution in [0.1, 0.15) is 30.7 Å². The van der Waals surface area contributed by atoms with Gasteiger partial charge in [-0.1, -0.05) is 0 Å². The summed E-state index contributed by atoms with van der Waals surface area (Å²) in [4.78, 5) is 6.72. The molecule has 2 aromatic rings.